The van der Waals surface area contributed by atoms with Gasteiger partial charge in [-0.3, -0.25) is 4.79 Å². The lowest BCUT2D eigenvalue weighted by Gasteiger charge is -2.37. The van der Waals surface area contributed by atoms with Crippen molar-refractivity contribution in [3.05, 3.63) is 36.7 Å². The van der Waals surface area contributed by atoms with Gasteiger partial charge in [-0.25, -0.2) is 9.97 Å². The first-order chi connectivity index (χ1) is 14.2. The van der Waals surface area contributed by atoms with E-state index < -0.39 is 0 Å². The number of benzene rings is 1. The monoisotopic (exact) mass is 417 g/mol. The molecule has 29 heavy (non-hydrogen) atoms. The Hall–Kier alpha value is -2.52. The van der Waals surface area contributed by atoms with Gasteiger partial charge in [0.05, 0.1) is 25.2 Å². The molecule has 1 aliphatic rings. The van der Waals surface area contributed by atoms with Crippen molar-refractivity contribution in [1.29, 1.82) is 0 Å². The molecule has 1 N–H and O–H groups in total. The van der Waals surface area contributed by atoms with Gasteiger partial charge < -0.3 is 24.6 Å². The topological polar surface area (TPSA) is 79.8 Å². The molecule has 0 bridgehead atoms. The minimum atomic E-state index is -0.0300. The van der Waals surface area contributed by atoms with Gasteiger partial charge in [0.15, 0.2) is 0 Å². The molecule has 2 aromatic rings. The third kappa shape index (κ3) is 5.98. The van der Waals surface area contributed by atoms with Gasteiger partial charge in [-0.2, -0.15) is 0 Å². The van der Waals surface area contributed by atoms with Crippen LogP contribution in [0.25, 0.3) is 0 Å². The van der Waals surface area contributed by atoms with E-state index in [1.807, 2.05) is 24.3 Å². The van der Waals surface area contributed by atoms with Crippen molar-refractivity contribution < 1.29 is 14.3 Å². The highest BCUT2D eigenvalue weighted by molar-refractivity contribution is 7.99. The molecule has 156 valence electrons. The second-order valence-electron chi connectivity index (χ2n) is 6.49. The number of hydrogen-bond donors (Lipinski definition) is 1. The van der Waals surface area contributed by atoms with Crippen LogP contribution in [0.2, 0.25) is 0 Å². The molecule has 1 amide bonds. The van der Waals surface area contributed by atoms with Crippen LogP contribution in [0, 0.1) is 0 Å². The van der Waals surface area contributed by atoms with Crippen LogP contribution in [0.5, 0.6) is 5.75 Å². The molecule has 0 unspecified atom stereocenters. The minimum Gasteiger partial charge on any atom is -0.495 e. The van der Waals surface area contributed by atoms with E-state index in [4.69, 9.17) is 9.47 Å². The Morgan fingerprint density at radius 3 is 2.66 bits per heavy atom. The molecule has 0 aliphatic carbocycles. The molecule has 1 aromatic heterocycles. The number of ether oxygens (including phenoxy) is 2. The maximum Gasteiger partial charge on any atom is 0.230 e. The van der Waals surface area contributed by atoms with E-state index in [2.05, 4.69) is 31.2 Å². The van der Waals surface area contributed by atoms with Gasteiger partial charge in [-0.15, -0.1) is 0 Å². The Balaban J connectivity index is 1.53. The van der Waals surface area contributed by atoms with Gasteiger partial charge in [-0.1, -0.05) is 23.9 Å². The van der Waals surface area contributed by atoms with Crippen LogP contribution in [-0.4, -0.2) is 75.2 Å². The summed E-state index contributed by atoms with van der Waals surface area (Å²) >= 11 is 1.41. The number of rotatable bonds is 9. The summed E-state index contributed by atoms with van der Waals surface area (Å²) in [7, 11) is 3.31. The second-order valence-corrected chi connectivity index (χ2v) is 7.49. The normalized spacial score (nSPS) is 14.0. The number of thioether (sulfide) groups is 1. The van der Waals surface area contributed by atoms with Gasteiger partial charge in [0, 0.05) is 45.9 Å². The summed E-state index contributed by atoms with van der Waals surface area (Å²) in [5.41, 5.74) is 1.12. The smallest absolute Gasteiger partial charge is 0.230 e. The van der Waals surface area contributed by atoms with E-state index in [-0.39, 0.29) is 5.91 Å². The van der Waals surface area contributed by atoms with Crippen molar-refractivity contribution in [2.75, 3.05) is 69.1 Å². The average molecular weight is 418 g/mol. The number of para-hydroxylation sites is 2. The van der Waals surface area contributed by atoms with Crippen molar-refractivity contribution in [1.82, 2.24) is 15.3 Å². The molecule has 1 aromatic carbocycles. The molecule has 8 nitrogen and oxygen atoms in total. The molecule has 0 spiro atoms. The quantitative estimate of drug-likeness (QED) is 0.375. The predicted octanol–water partition coefficient (Wildman–Crippen LogP) is 1.67. The second kappa shape index (κ2) is 10.9. The zero-order valence-electron chi connectivity index (χ0n) is 16.8. The first kappa shape index (κ1) is 21.2. The third-order valence-corrected chi connectivity index (χ3v) is 5.56. The Bertz CT molecular complexity index is 799. The number of nitrogens with one attached hydrogen (secondary N) is 1. The Kier molecular flexibility index (Phi) is 7.94. The Labute approximate surface area is 175 Å². The lowest BCUT2D eigenvalue weighted by molar-refractivity contribution is -0.118. The summed E-state index contributed by atoms with van der Waals surface area (Å²) in [6.45, 7) is 4.51. The largest absolute Gasteiger partial charge is 0.495 e. The fourth-order valence-electron chi connectivity index (χ4n) is 3.13. The fourth-order valence-corrected chi connectivity index (χ4v) is 3.82. The zero-order chi connectivity index (χ0) is 20.5. The first-order valence-corrected chi connectivity index (χ1v) is 10.5. The van der Waals surface area contributed by atoms with Gasteiger partial charge >= 0.3 is 0 Å². The molecular weight excluding hydrogens is 390 g/mol. The van der Waals surface area contributed by atoms with E-state index in [1.54, 1.807) is 20.5 Å². The molecule has 1 aliphatic heterocycles. The maximum absolute atomic E-state index is 11.8. The molecule has 0 atom stereocenters. The molecule has 2 heterocycles. The summed E-state index contributed by atoms with van der Waals surface area (Å²) < 4.78 is 10.4. The van der Waals surface area contributed by atoms with E-state index in [9.17, 15) is 4.79 Å². The number of carbonyl (C=O) groups is 1. The van der Waals surface area contributed by atoms with E-state index in [0.29, 0.717) is 18.9 Å². The number of nitrogens with zero attached hydrogens (tertiary/aromatic N) is 4. The molecule has 1 fully saturated rings. The number of hydrogen-bond acceptors (Lipinski definition) is 8. The minimum absolute atomic E-state index is 0.0300. The molecule has 3 rings (SSSR count). The summed E-state index contributed by atoms with van der Waals surface area (Å²) in [5.74, 6) is 2.08. The summed E-state index contributed by atoms with van der Waals surface area (Å²) in [4.78, 5) is 25.1. The summed E-state index contributed by atoms with van der Waals surface area (Å²) in [5, 5.41) is 3.60. The van der Waals surface area contributed by atoms with Gasteiger partial charge in [0.1, 0.15) is 22.9 Å². The highest BCUT2D eigenvalue weighted by atomic mass is 32.2. The lowest BCUT2D eigenvalue weighted by atomic mass is 10.2. The van der Waals surface area contributed by atoms with Crippen molar-refractivity contribution >= 4 is 29.2 Å². The number of aromatic nitrogens is 2. The number of carbonyl (C=O) groups excluding carboxylic acids is 1. The standard InChI is InChI=1S/C20H27N5O3S/c1-27-12-7-21-19(26)14-29-20-13-18(22-15-23-20)25-10-8-24(9-11-25)16-5-3-4-6-17(16)28-2/h3-6,13,15H,7-12,14H2,1-2H3,(H,21,26). The fraction of sp³-hybridized carbons (Fsp3) is 0.450. The van der Waals surface area contributed by atoms with Crippen molar-refractivity contribution in [3.8, 4) is 5.75 Å². The van der Waals surface area contributed by atoms with Crippen LogP contribution in [0.3, 0.4) is 0 Å². The lowest BCUT2D eigenvalue weighted by Crippen LogP contribution is -2.47. The third-order valence-electron chi connectivity index (χ3n) is 4.64. The molecule has 9 heteroatoms. The molecule has 0 saturated carbocycles. The van der Waals surface area contributed by atoms with E-state index >= 15 is 0 Å². The van der Waals surface area contributed by atoms with E-state index in [0.717, 1.165) is 48.5 Å². The molecule has 1 saturated heterocycles. The van der Waals surface area contributed by atoms with Crippen LogP contribution in [0.1, 0.15) is 0 Å². The summed E-state index contributed by atoms with van der Waals surface area (Å²) in [6, 6.07) is 10.0. The first-order valence-electron chi connectivity index (χ1n) is 9.54. The highest BCUT2D eigenvalue weighted by Crippen LogP contribution is 2.29. The van der Waals surface area contributed by atoms with Gasteiger partial charge in [0.25, 0.3) is 0 Å². The van der Waals surface area contributed by atoms with Crippen LogP contribution in [-0.2, 0) is 9.53 Å². The van der Waals surface area contributed by atoms with Crippen LogP contribution in [0.4, 0.5) is 11.5 Å². The molecular formula is C20H27N5O3S. The predicted molar refractivity (Wildman–Crippen MR) is 115 cm³/mol. The van der Waals surface area contributed by atoms with Crippen LogP contribution < -0.4 is 19.9 Å². The van der Waals surface area contributed by atoms with Crippen molar-refractivity contribution in [3.63, 3.8) is 0 Å². The van der Waals surface area contributed by atoms with Crippen molar-refractivity contribution in [2.24, 2.45) is 0 Å². The van der Waals surface area contributed by atoms with Crippen LogP contribution >= 0.6 is 11.8 Å². The zero-order valence-corrected chi connectivity index (χ0v) is 17.7. The average Bonchev–Trinajstić information content (AvgIpc) is 2.78. The maximum atomic E-state index is 11.8. The van der Waals surface area contributed by atoms with Gasteiger partial charge in [0.2, 0.25) is 5.91 Å². The molecule has 0 radical (unpaired) electrons. The Morgan fingerprint density at radius 2 is 1.90 bits per heavy atom. The number of piperazine rings is 1. The van der Waals surface area contributed by atoms with Crippen LogP contribution in [0.15, 0.2) is 41.7 Å². The van der Waals surface area contributed by atoms with Gasteiger partial charge in [-0.05, 0) is 12.1 Å². The number of amides is 1. The SMILES string of the molecule is COCCNC(=O)CSc1cc(N2CCN(c3ccccc3OC)CC2)ncn1. The summed E-state index contributed by atoms with van der Waals surface area (Å²) in [6.07, 6.45) is 1.56. The highest BCUT2D eigenvalue weighted by Gasteiger charge is 2.20. The number of methoxy groups -OCH3 is 2. The Morgan fingerprint density at radius 1 is 1.14 bits per heavy atom. The van der Waals surface area contributed by atoms with E-state index in [1.165, 1.54) is 11.8 Å². The van der Waals surface area contributed by atoms with Crippen molar-refractivity contribution in [2.45, 2.75) is 5.03 Å². The number of anilines is 2.